The number of imidazole rings is 1. The lowest BCUT2D eigenvalue weighted by Gasteiger charge is -2.12. The fraction of sp³-hybridized carbons (Fsp3) is 0.208. The average molecular weight is 477 g/mol. The molecule has 0 unspecified atom stereocenters. The Morgan fingerprint density at radius 3 is 2.68 bits per heavy atom. The molecule has 2 N–H and O–H groups in total. The van der Waals surface area contributed by atoms with Crippen molar-refractivity contribution in [3.8, 4) is 11.4 Å². The number of hydrogen-bond donors (Lipinski definition) is 2. The van der Waals surface area contributed by atoms with Crippen molar-refractivity contribution in [1.29, 1.82) is 0 Å². The van der Waals surface area contributed by atoms with Crippen molar-refractivity contribution < 1.29 is 19.2 Å². The molecule has 172 valence electrons. The van der Waals surface area contributed by atoms with Crippen LogP contribution in [0.15, 0.2) is 42.5 Å². The van der Waals surface area contributed by atoms with E-state index < -0.39 is 16.8 Å². The number of fused-ring (bicyclic) bond motifs is 2. The first kappa shape index (κ1) is 21.8. The van der Waals surface area contributed by atoms with Crippen molar-refractivity contribution in [3.63, 3.8) is 0 Å². The number of nitro groups is 1. The van der Waals surface area contributed by atoms with Crippen molar-refractivity contribution in [2.45, 2.75) is 25.7 Å². The molecule has 0 fully saturated rings. The molecule has 1 amide bonds. The summed E-state index contributed by atoms with van der Waals surface area (Å²) >= 11 is 1.50. The lowest BCUT2D eigenvalue weighted by molar-refractivity contribution is -0.384. The number of thiophene rings is 1. The van der Waals surface area contributed by atoms with Crippen LogP contribution in [0.4, 0.5) is 10.7 Å². The van der Waals surface area contributed by atoms with Gasteiger partial charge in [0.05, 0.1) is 34.2 Å². The predicted octanol–water partition coefficient (Wildman–Crippen LogP) is 5.12. The normalized spacial score (nSPS) is 12.9. The first-order valence-electron chi connectivity index (χ1n) is 10.7. The van der Waals surface area contributed by atoms with Gasteiger partial charge in [-0.25, -0.2) is 9.78 Å². The number of aromatic amines is 1. The maximum absolute atomic E-state index is 13.2. The minimum Gasteiger partial charge on any atom is -0.465 e. The first-order chi connectivity index (χ1) is 16.4. The third-order valence-electron chi connectivity index (χ3n) is 5.84. The number of nitro benzene ring substituents is 1. The molecule has 5 rings (SSSR count). The van der Waals surface area contributed by atoms with Gasteiger partial charge in [-0.2, -0.15) is 0 Å². The topological polar surface area (TPSA) is 127 Å². The molecule has 0 saturated carbocycles. The molecular weight excluding hydrogens is 456 g/mol. The molecule has 0 radical (unpaired) electrons. The maximum Gasteiger partial charge on any atom is 0.338 e. The Labute approximate surface area is 197 Å². The molecule has 2 aromatic heterocycles. The van der Waals surface area contributed by atoms with Gasteiger partial charge in [0, 0.05) is 22.6 Å². The summed E-state index contributed by atoms with van der Waals surface area (Å²) in [5, 5.41) is 14.9. The van der Waals surface area contributed by atoms with E-state index in [1.165, 1.54) is 35.0 Å². The summed E-state index contributed by atoms with van der Waals surface area (Å²) in [5.74, 6) is -0.637. The van der Waals surface area contributed by atoms with Crippen molar-refractivity contribution in [3.05, 3.63) is 74.1 Å². The zero-order valence-electron chi connectivity index (χ0n) is 18.2. The van der Waals surface area contributed by atoms with E-state index in [9.17, 15) is 19.7 Å². The van der Waals surface area contributed by atoms with Crippen LogP contribution in [0.1, 0.15) is 44.0 Å². The number of carbonyl (C=O) groups excluding carboxylic acids is 2. The molecule has 0 bridgehead atoms. The SMILES string of the molecule is COC(=O)c1cc(C(=O)Nc2sc3c(c2-c2nc4ccccc4[nH]2)CCCC3)cc([N+](=O)[O-])c1. The van der Waals surface area contributed by atoms with Gasteiger partial charge in [-0.1, -0.05) is 12.1 Å². The number of non-ortho nitro benzene ring substituents is 1. The number of para-hydroxylation sites is 2. The van der Waals surface area contributed by atoms with Gasteiger partial charge in [-0.3, -0.25) is 14.9 Å². The second-order valence-electron chi connectivity index (χ2n) is 7.99. The Hall–Kier alpha value is -4.05. The molecule has 0 saturated heterocycles. The van der Waals surface area contributed by atoms with Crippen LogP contribution in [0.5, 0.6) is 0 Å². The van der Waals surface area contributed by atoms with Crippen molar-refractivity contribution in [1.82, 2.24) is 9.97 Å². The lowest BCUT2D eigenvalue weighted by atomic mass is 9.95. The van der Waals surface area contributed by atoms with E-state index in [-0.39, 0.29) is 16.8 Å². The van der Waals surface area contributed by atoms with Gasteiger partial charge in [0.2, 0.25) is 0 Å². The standard InChI is InChI=1S/C24H20N4O5S/c1-33-24(30)14-10-13(11-15(12-14)28(31)32)22(29)27-23-20(16-6-2-5-9-19(16)34-23)21-25-17-7-3-4-8-18(17)26-21/h3-4,7-8,10-12H,2,5-6,9H2,1H3,(H,25,26)(H,27,29). The van der Waals surface area contributed by atoms with Crippen LogP contribution in [0.3, 0.4) is 0 Å². The second-order valence-corrected chi connectivity index (χ2v) is 9.09. The van der Waals surface area contributed by atoms with Gasteiger partial charge in [0.15, 0.2) is 0 Å². The second kappa shape index (κ2) is 8.71. The van der Waals surface area contributed by atoms with Crippen LogP contribution in [-0.2, 0) is 17.6 Å². The average Bonchev–Trinajstić information content (AvgIpc) is 3.43. The van der Waals surface area contributed by atoms with Gasteiger partial charge in [-0.05, 0) is 49.4 Å². The van der Waals surface area contributed by atoms with Crippen LogP contribution in [0, 0.1) is 10.1 Å². The lowest BCUT2D eigenvalue weighted by Crippen LogP contribution is -2.14. The minimum absolute atomic E-state index is 0.00321. The van der Waals surface area contributed by atoms with Crippen LogP contribution in [0.25, 0.3) is 22.4 Å². The minimum atomic E-state index is -0.757. The molecule has 9 nitrogen and oxygen atoms in total. The van der Waals surface area contributed by atoms with E-state index in [0.29, 0.717) is 10.8 Å². The number of H-pyrrole nitrogens is 1. The summed E-state index contributed by atoms with van der Waals surface area (Å²) in [6, 6.07) is 11.2. The zero-order valence-corrected chi connectivity index (χ0v) is 19.0. The number of rotatable bonds is 5. The summed E-state index contributed by atoms with van der Waals surface area (Å²) in [5.41, 5.74) is 3.30. The van der Waals surface area contributed by atoms with E-state index in [1.54, 1.807) is 0 Å². The van der Waals surface area contributed by atoms with E-state index in [2.05, 4.69) is 15.0 Å². The molecule has 2 heterocycles. The predicted molar refractivity (Wildman–Crippen MR) is 128 cm³/mol. The van der Waals surface area contributed by atoms with Crippen LogP contribution < -0.4 is 5.32 Å². The molecule has 10 heteroatoms. The Bertz CT molecular complexity index is 1420. The summed E-state index contributed by atoms with van der Waals surface area (Å²) in [7, 11) is 1.18. The largest absolute Gasteiger partial charge is 0.465 e. The molecule has 1 aliphatic carbocycles. The van der Waals surface area contributed by atoms with E-state index in [0.717, 1.165) is 54.4 Å². The molecule has 4 aromatic rings. The number of ether oxygens (including phenoxy) is 1. The molecule has 0 aliphatic heterocycles. The molecule has 0 spiro atoms. The van der Waals surface area contributed by atoms with Gasteiger partial charge in [-0.15, -0.1) is 11.3 Å². The summed E-state index contributed by atoms with van der Waals surface area (Å²) in [6.45, 7) is 0. The van der Waals surface area contributed by atoms with Crippen LogP contribution in [0.2, 0.25) is 0 Å². The monoisotopic (exact) mass is 476 g/mol. The third-order valence-corrected chi connectivity index (χ3v) is 7.04. The fourth-order valence-corrected chi connectivity index (χ4v) is 5.52. The molecule has 0 atom stereocenters. The zero-order chi connectivity index (χ0) is 23.8. The number of esters is 1. The van der Waals surface area contributed by atoms with Crippen LogP contribution in [-0.4, -0.2) is 33.9 Å². The quantitative estimate of drug-likeness (QED) is 0.234. The summed E-state index contributed by atoms with van der Waals surface area (Å²) in [6.07, 6.45) is 3.94. The van der Waals surface area contributed by atoms with Gasteiger partial charge >= 0.3 is 5.97 Å². The highest BCUT2D eigenvalue weighted by atomic mass is 32.1. The molecule has 1 aliphatic rings. The molecule has 34 heavy (non-hydrogen) atoms. The number of amides is 1. The smallest absolute Gasteiger partial charge is 0.338 e. The number of aryl methyl sites for hydroxylation is 1. The number of benzene rings is 2. The Morgan fingerprint density at radius 2 is 1.91 bits per heavy atom. The van der Waals surface area contributed by atoms with Crippen molar-refractivity contribution >= 4 is 44.9 Å². The number of hydrogen-bond acceptors (Lipinski definition) is 7. The fourth-order valence-electron chi connectivity index (χ4n) is 4.23. The highest BCUT2D eigenvalue weighted by Crippen LogP contribution is 2.44. The van der Waals surface area contributed by atoms with Crippen molar-refractivity contribution in [2.24, 2.45) is 0 Å². The van der Waals surface area contributed by atoms with Gasteiger partial charge in [0.25, 0.3) is 11.6 Å². The van der Waals surface area contributed by atoms with Crippen LogP contribution >= 0.6 is 11.3 Å². The Morgan fingerprint density at radius 1 is 1.15 bits per heavy atom. The first-order valence-corrected chi connectivity index (χ1v) is 11.5. The van der Waals surface area contributed by atoms with E-state index in [4.69, 9.17) is 4.98 Å². The van der Waals surface area contributed by atoms with E-state index in [1.807, 2.05) is 24.3 Å². The number of nitrogens with one attached hydrogen (secondary N) is 2. The summed E-state index contributed by atoms with van der Waals surface area (Å²) < 4.78 is 4.68. The number of anilines is 1. The highest BCUT2D eigenvalue weighted by Gasteiger charge is 2.26. The van der Waals surface area contributed by atoms with Gasteiger partial charge in [0.1, 0.15) is 10.8 Å². The number of aromatic nitrogens is 2. The summed E-state index contributed by atoms with van der Waals surface area (Å²) in [4.78, 5) is 45.2. The number of nitrogens with zero attached hydrogens (tertiary/aromatic N) is 2. The Kier molecular flexibility index (Phi) is 5.58. The Balaban J connectivity index is 1.57. The highest BCUT2D eigenvalue weighted by molar-refractivity contribution is 7.17. The molecule has 2 aromatic carbocycles. The number of methoxy groups -OCH3 is 1. The molecular formula is C24H20N4O5S. The maximum atomic E-state index is 13.2. The van der Waals surface area contributed by atoms with E-state index >= 15 is 0 Å². The number of carbonyl (C=O) groups is 2. The van der Waals surface area contributed by atoms with Gasteiger partial charge < -0.3 is 15.0 Å². The third kappa shape index (κ3) is 3.92. The van der Waals surface area contributed by atoms with Crippen molar-refractivity contribution in [2.75, 3.05) is 12.4 Å².